The highest BCUT2D eigenvalue weighted by Crippen LogP contribution is 2.14. The minimum absolute atomic E-state index is 0.0509. The molecule has 2 nitrogen and oxygen atoms in total. The molecule has 3 heteroatoms. The molecule has 0 fully saturated rings. The van der Waals surface area contributed by atoms with Crippen molar-refractivity contribution >= 4 is 17.5 Å². The van der Waals surface area contributed by atoms with Crippen LogP contribution in [0, 0.1) is 0 Å². The molecule has 0 heterocycles. The van der Waals surface area contributed by atoms with Gasteiger partial charge in [-0.15, -0.1) is 11.6 Å². The van der Waals surface area contributed by atoms with Crippen LogP contribution in [-0.4, -0.2) is 16.8 Å². The minimum Gasteiger partial charge on any atom is -0.332 e. The zero-order valence-electron chi connectivity index (χ0n) is 12.4. The Kier molecular flexibility index (Phi) is 5.40. The molecule has 0 aliphatic carbocycles. The molecular weight excluding hydrogens is 282 g/mol. The van der Waals surface area contributed by atoms with Crippen molar-refractivity contribution in [2.75, 3.05) is 0 Å². The third kappa shape index (κ3) is 4.08. The van der Waals surface area contributed by atoms with Crippen molar-refractivity contribution in [1.82, 2.24) is 4.90 Å². The van der Waals surface area contributed by atoms with Gasteiger partial charge in [-0.3, -0.25) is 4.79 Å². The van der Waals surface area contributed by atoms with Crippen LogP contribution in [0.5, 0.6) is 0 Å². The van der Waals surface area contributed by atoms with Crippen molar-refractivity contribution in [3.05, 3.63) is 71.3 Å². The molecule has 2 aromatic rings. The Labute approximate surface area is 131 Å². The Bertz CT molecular complexity index is 578. The zero-order chi connectivity index (χ0) is 15.2. The summed E-state index contributed by atoms with van der Waals surface area (Å²) < 4.78 is 0. The molecule has 0 radical (unpaired) electrons. The number of carbonyl (C=O) groups is 1. The van der Waals surface area contributed by atoms with E-state index in [-0.39, 0.29) is 11.9 Å². The quantitative estimate of drug-likeness (QED) is 0.746. The average molecular weight is 302 g/mol. The lowest BCUT2D eigenvalue weighted by Gasteiger charge is -2.27. The van der Waals surface area contributed by atoms with E-state index in [2.05, 4.69) is 0 Å². The summed E-state index contributed by atoms with van der Waals surface area (Å²) in [5.74, 6) is 0.516. The monoisotopic (exact) mass is 301 g/mol. The predicted octanol–water partition coefficient (Wildman–Crippen LogP) is 4.48. The first-order valence-corrected chi connectivity index (χ1v) is 7.65. The van der Waals surface area contributed by atoms with Crippen LogP contribution >= 0.6 is 11.6 Å². The van der Waals surface area contributed by atoms with Gasteiger partial charge in [0.05, 0.1) is 0 Å². The van der Waals surface area contributed by atoms with Gasteiger partial charge in [-0.1, -0.05) is 42.5 Å². The summed E-state index contributed by atoms with van der Waals surface area (Å²) in [5, 5.41) is 0. The van der Waals surface area contributed by atoms with Crippen molar-refractivity contribution in [3.63, 3.8) is 0 Å². The molecule has 0 saturated carbocycles. The van der Waals surface area contributed by atoms with Crippen molar-refractivity contribution in [2.24, 2.45) is 0 Å². The minimum atomic E-state index is 0.0509. The van der Waals surface area contributed by atoms with Gasteiger partial charge in [-0.25, -0.2) is 0 Å². The van der Waals surface area contributed by atoms with E-state index < -0.39 is 0 Å². The second-order valence-corrected chi connectivity index (χ2v) is 5.61. The molecule has 110 valence electrons. The van der Waals surface area contributed by atoms with Gasteiger partial charge in [-0.2, -0.15) is 0 Å². The number of amides is 1. The van der Waals surface area contributed by atoms with E-state index in [1.54, 1.807) is 0 Å². The third-order valence-corrected chi connectivity index (χ3v) is 3.74. The van der Waals surface area contributed by atoms with Gasteiger partial charge in [0.2, 0.25) is 0 Å². The van der Waals surface area contributed by atoms with Crippen LogP contribution in [0.2, 0.25) is 0 Å². The van der Waals surface area contributed by atoms with Gasteiger partial charge in [0.15, 0.2) is 0 Å². The molecule has 0 aliphatic heterocycles. The highest BCUT2D eigenvalue weighted by atomic mass is 35.5. The Morgan fingerprint density at radius 3 is 2.14 bits per heavy atom. The molecule has 21 heavy (non-hydrogen) atoms. The van der Waals surface area contributed by atoms with Gasteiger partial charge in [0, 0.05) is 24.0 Å². The molecule has 0 bridgehead atoms. The Balaban J connectivity index is 2.18. The Morgan fingerprint density at radius 2 is 1.62 bits per heavy atom. The summed E-state index contributed by atoms with van der Waals surface area (Å²) in [4.78, 5) is 14.6. The van der Waals surface area contributed by atoms with Crippen molar-refractivity contribution in [1.29, 1.82) is 0 Å². The second kappa shape index (κ2) is 7.28. The van der Waals surface area contributed by atoms with Gasteiger partial charge >= 0.3 is 0 Å². The van der Waals surface area contributed by atoms with Crippen molar-refractivity contribution < 1.29 is 4.79 Å². The van der Waals surface area contributed by atoms with E-state index in [9.17, 15) is 4.79 Å². The smallest absolute Gasteiger partial charge is 0.254 e. The van der Waals surface area contributed by atoms with E-state index >= 15 is 0 Å². The second-order valence-electron chi connectivity index (χ2n) is 5.34. The van der Waals surface area contributed by atoms with E-state index in [1.807, 2.05) is 73.3 Å². The number of alkyl halides is 1. The third-order valence-electron chi connectivity index (χ3n) is 3.44. The highest BCUT2D eigenvalue weighted by Gasteiger charge is 2.18. The fraction of sp³-hybridized carbons (Fsp3) is 0.278. The van der Waals surface area contributed by atoms with E-state index in [4.69, 9.17) is 11.6 Å². The van der Waals surface area contributed by atoms with Crippen LogP contribution in [0.3, 0.4) is 0 Å². The molecule has 0 aliphatic rings. The van der Waals surface area contributed by atoms with Gasteiger partial charge < -0.3 is 4.90 Å². The van der Waals surface area contributed by atoms with Crippen molar-refractivity contribution in [3.8, 4) is 0 Å². The van der Waals surface area contributed by atoms with E-state index in [1.165, 1.54) is 0 Å². The lowest BCUT2D eigenvalue weighted by Crippen LogP contribution is -2.36. The fourth-order valence-electron chi connectivity index (χ4n) is 2.17. The van der Waals surface area contributed by atoms with Gasteiger partial charge in [0.1, 0.15) is 0 Å². The summed E-state index contributed by atoms with van der Waals surface area (Å²) in [6.45, 7) is 4.69. The maximum atomic E-state index is 12.7. The van der Waals surface area contributed by atoms with Crippen LogP contribution in [0.25, 0.3) is 0 Å². The number of hydrogen-bond acceptors (Lipinski definition) is 1. The Hall–Kier alpha value is -1.80. The average Bonchev–Trinajstić information content (AvgIpc) is 2.53. The number of carbonyl (C=O) groups excluding carboxylic acids is 1. The summed E-state index contributed by atoms with van der Waals surface area (Å²) in [7, 11) is 0. The lowest BCUT2D eigenvalue weighted by atomic mass is 10.1. The van der Waals surface area contributed by atoms with Crippen LogP contribution in [0.1, 0.15) is 35.3 Å². The molecule has 0 saturated heterocycles. The molecule has 1 amide bonds. The van der Waals surface area contributed by atoms with Crippen molar-refractivity contribution in [2.45, 2.75) is 32.3 Å². The van der Waals surface area contributed by atoms with Crippen LogP contribution in [-0.2, 0) is 12.4 Å². The van der Waals surface area contributed by atoms with Crippen LogP contribution < -0.4 is 0 Å². The number of rotatable bonds is 5. The molecule has 0 unspecified atom stereocenters. The summed E-state index contributed by atoms with van der Waals surface area (Å²) in [5.41, 5.74) is 2.86. The standard InChI is InChI=1S/C18H20ClNO/c1-14(2)20(13-16-6-4-3-5-7-16)18(21)17-10-8-15(12-19)9-11-17/h3-11,14H,12-13H2,1-2H3. The first kappa shape index (κ1) is 15.6. The largest absolute Gasteiger partial charge is 0.332 e. The molecule has 0 aromatic heterocycles. The summed E-state index contributed by atoms with van der Waals surface area (Å²) in [6.07, 6.45) is 0. The molecule has 0 atom stereocenters. The van der Waals surface area contributed by atoms with Gasteiger partial charge in [-0.05, 0) is 37.1 Å². The predicted molar refractivity (Wildman–Crippen MR) is 87.5 cm³/mol. The SMILES string of the molecule is CC(C)N(Cc1ccccc1)C(=O)c1ccc(CCl)cc1. The topological polar surface area (TPSA) is 20.3 Å². The normalized spacial score (nSPS) is 10.7. The van der Waals surface area contributed by atoms with Crippen LogP contribution in [0.4, 0.5) is 0 Å². The number of benzene rings is 2. The van der Waals surface area contributed by atoms with E-state index in [0.717, 1.165) is 11.1 Å². The molecular formula is C18H20ClNO. The molecule has 2 rings (SSSR count). The summed E-state index contributed by atoms with van der Waals surface area (Å²) >= 11 is 5.78. The summed E-state index contributed by atoms with van der Waals surface area (Å²) in [6, 6.07) is 17.7. The van der Waals surface area contributed by atoms with Gasteiger partial charge in [0.25, 0.3) is 5.91 Å². The lowest BCUT2D eigenvalue weighted by molar-refractivity contribution is 0.0690. The fourth-order valence-corrected chi connectivity index (χ4v) is 2.35. The number of hydrogen-bond donors (Lipinski definition) is 0. The number of halogens is 1. The molecule has 0 N–H and O–H groups in total. The van der Waals surface area contributed by atoms with E-state index in [0.29, 0.717) is 18.0 Å². The maximum absolute atomic E-state index is 12.7. The zero-order valence-corrected chi connectivity index (χ0v) is 13.2. The highest BCUT2D eigenvalue weighted by molar-refractivity contribution is 6.17. The number of nitrogens with zero attached hydrogens (tertiary/aromatic N) is 1. The Morgan fingerprint density at radius 1 is 1.00 bits per heavy atom. The molecule has 2 aromatic carbocycles. The van der Waals surface area contributed by atoms with Crippen LogP contribution in [0.15, 0.2) is 54.6 Å². The first-order valence-electron chi connectivity index (χ1n) is 7.11. The first-order chi connectivity index (χ1) is 10.1. The molecule has 0 spiro atoms. The maximum Gasteiger partial charge on any atom is 0.254 e.